The molecule has 3 rings (SSSR count). The number of hydrogen-bond donors (Lipinski definition) is 1. The average molecular weight is 373 g/mol. The number of nitrogens with two attached hydrogens (primary N) is 1. The van der Waals surface area contributed by atoms with Crippen molar-refractivity contribution < 1.29 is 4.92 Å². The summed E-state index contributed by atoms with van der Waals surface area (Å²) in [6.45, 7) is 0. The third kappa shape index (κ3) is 2.31. The smallest absolute Gasteiger partial charge is 0.270 e. The second-order valence-electron chi connectivity index (χ2n) is 5.42. The molecule has 2 fully saturated rings. The van der Waals surface area contributed by atoms with Crippen molar-refractivity contribution in [1.82, 2.24) is 0 Å². The van der Waals surface area contributed by atoms with E-state index in [1.807, 2.05) is 6.07 Å². The first-order valence-electron chi connectivity index (χ1n) is 6.54. The van der Waals surface area contributed by atoms with Crippen molar-refractivity contribution in [2.45, 2.75) is 43.8 Å². The molecule has 0 amide bonds. The van der Waals surface area contributed by atoms with Crippen molar-refractivity contribution >= 4 is 34.0 Å². The average Bonchev–Trinajstić information content (AvgIpc) is 2.62. The molecular weight excluding hydrogens is 357 g/mol. The molecule has 2 heterocycles. The number of fused-ring (bicyclic) bond motifs is 2. The van der Waals surface area contributed by atoms with E-state index in [2.05, 4.69) is 27.5 Å². The summed E-state index contributed by atoms with van der Waals surface area (Å²) >= 11 is 2.20. The molecule has 6 heteroatoms. The molecule has 2 aliphatic heterocycles. The largest absolute Gasteiger partial charge is 0.365 e. The fourth-order valence-corrected chi connectivity index (χ4v) is 4.21. The maximum atomic E-state index is 10.8. The molecule has 2 saturated heterocycles. The highest BCUT2D eigenvalue weighted by Crippen LogP contribution is 2.41. The van der Waals surface area contributed by atoms with E-state index in [0.29, 0.717) is 18.1 Å². The van der Waals surface area contributed by atoms with Crippen molar-refractivity contribution in [3.05, 3.63) is 31.9 Å². The molecule has 0 spiro atoms. The summed E-state index contributed by atoms with van der Waals surface area (Å²) in [6, 6.07) is 6.47. The van der Waals surface area contributed by atoms with Crippen LogP contribution in [0.4, 0.5) is 11.4 Å². The van der Waals surface area contributed by atoms with Gasteiger partial charge in [-0.1, -0.05) is 0 Å². The number of nitrogens with zero attached hydrogens (tertiary/aromatic N) is 2. The zero-order valence-electron chi connectivity index (χ0n) is 10.5. The lowest BCUT2D eigenvalue weighted by Crippen LogP contribution is -2.47. The Kier molecular flexibility index (Phi) is 3.38. The molecule has 2 unspecified atom stereocenters. The quantitative estimate of drug-likeness (QED) is 0.492. The Labute approximate surface area is 125 Å². The Morgan fingerprint density at radius 3 is 2.47 bits per heavy atom. The summed E-state index contributed by atoms with van der Waals surface area (Å²) in [7, 11) is 0. The first-order chi connectivity index (χ1) is 9.06. The number of hydrogen-bond acceptors (Lipinski definition) is 4. The van der Waals surface area contributed by atoms with Crippen molar-refractivity contribution in [2.24, 2.45) is 5.73 Å². The Hall–Kier alpha value is -0.890. The molecular formula is C13H16IN3O2. The number of nitro benzene ring substituents is 1. The van der Waals surface area contributed by atoms with Gasteiger partial charge in [-0.3, -0.25) is 10.1 Å². The summed E-state index contributed by atoms with van der Waals surface area (Å²) < 4.78 is 0.958. The number of piperidine rings is 1. The monoisotopic (exact) mass is 373 g/mol. The van der Waals surface area contributed by atoms with Gasteiger partial charge in [0, 0.05) is 33.8 Å². The molecule has 102 valence electrons. The number of halogens is 1. The zero-order chi connectivity index (χ0) is 13.6. The number of anilines is 1. The standard InChI is InChI=1S/C13H16IN3O2/c14-12-7-11(17(18)19)3-4-13(12)16-9-1-2-10(16)6-8(15)5-9/h3-4,7-10H,1-2,5-6,15H2. The third-order valence-corrected chi connectivity index (χ3v) is 5.05. The van der Waals surface area contributed by atoms with Crippen LogP contribution in [0.25, 0.3) is 0 Å². The van der Waals surface area contributed by atoms with Crippen LogP contribution in [-0.4, -0.2) is 23.0 Å². The Bertz CT molecular complexity index is 509. The summed E-state index contributed by atoms with van der Waals surface area (Å²) in [4.78, 5) is 12.9. The Balaban J connectivity index is 1.93. The SMILES string of the molecule is NC1CC2CCC(C1)N2c1ccc([N+](=O)[O-])cc1I. The van der Waals surface area contributed by atoms with E-state index in [1.54, 1.807) is 12.1 Å². The molecule has 0 aliphatic carbocycles. The maximum absolute atomic E-state index is 10.8. The molecule has 19 heavy (non-hydrogen) atoms. The number of nitro groups is 1. The highest BCUT2D eigenvalue weighted by Gasteiger charge is 2.40. The van der Waals surface area contributed by atoms with Crippen LogP contribution in [0.1, 0.15) is 25.7 Å². The van der Waals surface area contributed by atoms with Crippen LogP contribution in [0.5, 0.6) is 0 Å². The summed E-state index contributed by atoms with van der Waals surface area (Å²) in [6.07, 6.45) is 4.43. The van der Waals surface area contributed by atoms with Gasteiger partial charge in [0.2, 0.25) is 0 Å². The fourth-order valence-electron chi connectivity index (χ4n) is 3.43. The lowest BCUT2D eigenvalue weighted by Gasteiger charge is -2.40. The van der Waals surface area contributed by atoms with Crippen LogP contribution in [0.2, 0.25) is 0 Å². The van der Waals surface area contributed by atoms with E-state index >= 15 is 0 Å². The van der Waals surface area contributed by atoms with Gasteiger partial charge >= 0.3 is 0 Å². The minimum atomic E-state index is -0.341. The molecule has 0 radical (unpaired) electrons. The lowest BCUT2D eigenvalue weighted by atomic mass is 9.97. The van der Waals surface area contributed by atoms with Crippen LogP contribution in [-0.2, 0) is 0 Å². The van der Waals surface area contributed by atoms with Crippen LogP contribution < -0.4 is 10.6 Å². The van der Waals surface area contributed by atoms with Gasteiger partial charge in [-0.05, 0) is 54.3 Å². The van der Waals surface area contributed by atoms with Gasteiger partial charge in [-0.15, -0.1) is 0 Å². The van der Waals surface area contributed by atoms with Gasteiger partial charge in [-0.2, -0.15) is 0 Å². The number of benzene rings is 1. The van der Waals surface area contributed by atoms with Crippen molar-refractivity contribution in [3.63, 3.8) is 0 Å². The Morgan fingerprint density at radius 2 is 1.95 bits per heavy atom. The van der Waals surface area contributed by atoms with E-state index in [0.717, 1.165) is 22.1 Å². The molecule has 2 atom stereocenters. The summed E-state index contributed by atoms with van der Waals surface area (Å²) in [5, 5.41) is 10.8. The minimum Gasteiger partial charge on any atom is -0.365 e. The number of rotatable bonds is 2. The lowest BCUT2D eigenvalue weighted by molar-refractivity contribution is -0.384. The van der Waals surface area contributed by atoms with Gasteiger partial charge in [-0.25, -0.2) is 0 Å². The second kappa shape index (κ2) is 4.90. The predicted octanol–water partition coefficient (Wildman–Crippen LogP) is 2.66. The van der Waals surface area contributed by atoms with Gasteiger partial charge < -0.3 is 10.6 Å². The molecule has 2 aliphatic rings. The minimum absolute atomic E-state index is 0.161. The first kappa shape index (κ1) is 13.1. The van der Waals surface area contributed by atoms with Crippen molar-refractivity contribution in [1.29, 1.82) is 0 Å². The van der Waals surface area contributed by atoms with E-state index in [-0.39, 0.29) is 10.6 Å². The molecule has 5 nitrogen and oxygen atoms in total. The predicted molar refractivity (Wildman–Crippen MR) is 82.3 cm³/mol. The third-order valence-electron chi connectivity index (χ3n) is 4.19. The first-order valence-corrected chi connectivity index (χ1v) is 7.62. The highest BCUT2D eigenvalue weighted by molar-refractivity contribution is 14.1. The van der Waals surface area contributed by atoms with E-state index in [4.69, 9.17) is 5.73 Å². The van der Waals surface area contributed by atoms with Crippen LogP contribution in [0.15, 0.2) is 18.2 Å². The summed E-state index contributed by atoms with van der Waals surface area (Å²) in [5.41, 5.74) is 7.37. The molecule has 1 aromatic carbocycles. The van der Waals surface area contributed by atoms with Crippen LogP contribution in [0, 0.1) is 13.7 Å². The molecule has 2 N–H and O–H groups in total. The topological polar surface area (TPSA) is 72.4 Å². The van der Waals surface area contributed by atoms with E-state index < -0.39 is 0 Å². The van der Waals surface area contributed by atoms with E-state index in [1.165, 1.54) is 12.8 Å². The highest BCUT2D eigenvalue weighted by atomic mass is 127. The molecule has 0 aromatic heterocycles. The zero-order valence-corrected chi connectivity index (χ0v) is 12.6. The van der Waals surface area contributed by atoms with Crippen molar-refractivity contribution in [2.75, 3.05) is 4.90 Å². The maximum Gasteiger partial charge on any atom is 0.270 e. The van der Waals surface area contributed by atoms with Crippen molar-refractivity contribution in [3.8, 4) is 0 Å². The normalized spacial score (nSPS) is 29.6. The van der Waals surface area contributed by atoms with Gasteiger partial charge in [0.05, 0.1) is 10.6 Å². The summed E-state index contributed by atoms with van der Waals surface area (Å²) in [5.74, 6) is 0. The molecule has 1 aromatic rings. The molecule has 2 bridgehead atoms. The van der Waals surface area contributed by atoms with Crippen LogP contribution in [0.3, 0.4) is 0 Å². The fraction of sp³-hybridized carbons (Fsp3) is 0.538. The van der Waals surface area contributed by atoms with E-state index in [9.17, 15) is 10.1 Å². The van der Waals surface area contributed by atoms with Gasteiger partial charge in [0.25, 0.3) is 5.69 Å². The van der Waals surface area contributed by atoms with Gasteiger partial charge in [0.1, 0.15) is 0 Å². The van der Waals surface area contributed by atoms with Crippen LogP contribution >= 0.6 is 22.6 Å². The second-order valence-corrected chi connectivity index (χ2v) is 6.58. The van der Waals surface area contributed by atoms with Gasteiger partial charge in [0.15, 0.2) is 0 Å². The molecule has 0 saturated carbocycles. The Morgan fingerprint density at radius 1 is 1.32 bits per heavy atom. The number of non-ortho nitro benzene ring substituents is 1.